The molecule has 0 spiro atoms. The van der Waals surface area contributed by atoms with Crippen molar-refractivity contribution in [1.82, 2.24) is 10.4 Å². The predicted octanol–water partition coefficient (Wildman–Crippen LogP) is 3.01. The summed E-state index contributed by atoms with van der Waals surface area (Å²) in [5.74, 6) is 0.337. The fraction of sp³-hybridized carbons (Fsp3) is 0.478. The highest BCUT2D eigenvalue weighted by Gasteiger charge is 2.24. The van der Waals surface area contributed by atoms with Crippen LogP contribution in [0.2, 0.25) is 0 Å². The second-order valence-corrected chi connectivity index (χ2v) is 8.06. The molecule has 3 rings (SSSR count). The molecule has 1 atom stereocenters. The Balaban J connectivity index is 1.44. The van der Waals surface area contributed by atoms with Crippen LogP contribution in [0.1, 0.15) is 44.1 Å². The molecule has 6 nitrogen and oxygen atoms in total. The molecule has 2 aromatic rings. The molecule has 1 fully saturated rings. The van der Waals surface area contributed by atoms with Gasteiger partial charge in [0, 0.05) is 32.0 Å². The van der Waals surface area contributed by atoms with Crippen LogP contribution >= 0.6 is 0 Å². The summed E-state index contributed by atoms with van der Waals surface area (Å²) in [7, 11) is 0. The molecule has 0 saturated carbocycles. The lowest BCUT2D eigenvalue weighted by atomic mass is 9.91. The highest BCUT2D eigenvalue weighted by molar-refractivity contribution is 5.85. The van der Waals surface area contributed by atoms with Gasteiger partial charge in [-0.2, -0.15) is 0 Å². The topological polar surface area (TPSA) is 95.7 Å². The number of nitrogens with two attached hydrogens (primary N) is 1. The van der Waals surface area contributed by atoms with Gasteiger partial charge in [-0.3, -0.25) is 14.8 Å². The van der Waals surface area contributed by atoms with Gasteiger partial charge in [0.1, 0.15) is 0 Å². The molecule has 0 radical (unpaired) electrons. The summed E-state index contributed by atoms with van der Waals surface area (Å²) in [5, 5.41) is 10.9. The Morgan fingerprint density at radius 3 is 2.62 bits per heavy atom. The van der Waals surface area contributed by atoms with Gasteiger partial charge in [-0.25, -0.2) is 5.48 Å². The van der Waals surface area contributed by atoms with Gasteiger partial charge in [-0.1, -0.05) is 42.5 Å². The lowest BCUT2D eigenvalue weighted by molar-refractivity contribution is -0.133. The number of likely N-dealkylation sites (tertiary alicyclic amines) is 1. The first-order valence-electron chi connectivity index (χ1n) is 10.5. The zero-order valence-electron chi connectivity index (χ0n) is 16.8. The molecule has 2 aromatic carbocycles. The maximum Gasteiger partial charge on any atom is 0.243 e. The van der Waals surface area contributed by atoms with Crippen molar-refractivity contribution < 1.29 is 14.8 Å². The third kappa shape index (κ3) is 6.02. The number of hydrogen-bond donors (Lipinski definition) is 3. The fourth-order valence-electron chi connectivity index (χ4n) is 4.26. The first-order chi connectivity index (χ1) is 14.1. The first kappa shape index (κ1) is 21.3. The Morgan fingerprint density at radius 1 is 1.14 bits per heavy atom. The van der Waals surface area contributed by atoms with Crippen molar-refractivity contribution in [2.75, 3.05) is 13.1 Å². The summed E-state index contributed by atoms with van der Waals surface area (Å²) in [5.41, 5.74) is 9.19. The zero-order valence-corrected chi connectivity index (χ0v) is 16.8. The van der Waals surface area contributed by atoms with Crippen LogP contribution in [0.4, 0.5) is 0 Å². The fourth-order valence-corrected chi connectivity index (χ4v) is 4.26. The molecule has 0 aromatic heterocycles. The first-order valence-corrected chi connectivity index (χ1v) is 10.5. The molecule has 1 saturated heterocycles. The molecule has 1 aliphatic heterocycles. The normalized spacial score (nSPS) is 16.0. The van der Waals surface area contributed by atoms with Crippen LogP contribution in [0, 0.1) is 5.92 Å². The molecule has 0 bridgehead atoms. The number of benzene rings is 2. The zero-order chi connectivity index (χ0) is 20.6. The number of piperidine rings is 1. The summed E-state index contributed by atoms with van der Waals surface area (Å²) in [6.07, 6.45) is 5.05. The van der Waals surface area contributed by atoms with E-state index in [0.29, 0.717) is 25.2 Å². The maximum atomic E-state index is 12.7. The summed E-state index contributed by atoms with van der Waals surface area (Å²) in [6, 6.07) is 14.3. The minimum atomic E-state index is -0.335. The summed E-state index contributed by atoms with van der Waals surface area (Å²) in [6.45, 7) is 1.52. The second-order valence-electron chi connectivity index (χ2n) is 8.06. The van der Waals surface area contributed by atoms with E-state index in [-0.39, 0.29) is 17.9 Å². The van der Waals surface area contributed by atoms with Crippen molar-refractivity contribution in [2.24, 2.45) is 11.7 Å². The SMILES string of the molecule is N[C@@H](CC(=O)N1CCC(CCCC(=O)NO)CC1)Cc1cccc2ccccc12. The number of nitrogens with one attached hydrogen (secondary N) is 1. The van der Waals surface area contributed by atoms with Crippen molar-refractivity contribution in [2.45, 2.75) is 51.0 Å². The van der Waals surface area contributed by atoms with Gasteiger partial charge in [0.15, 0.2) is 0 Å². The Hall–Kier alpha value is -2.44. The lowest BCUT2D eigenvalue weighted by Gasteiger charge is -2.32. The van der Waals surface area contributed by atoms with Gasteiger partial charge in [0.25, 0.3) is 0 Å². The maximum absolute atomic E-state index is 12.7. The van der Waals surface area contributed by atoms with Crippen molar-refractivity contribution >= 4 is 22.6 Å². The smallest absolute Gasteiger partial charge is 0.243 e. The molecule has 1 aliphatic rings. The van der Waals surface area contributed by atoms with Gasteiger partial charge in [-0.15, -0.1) is 0 Å². The minimum absolute atomic E-state index is 0.135. The average Bonchev–Trinajstić information content (AvgIpc) is 2.74. The number of hydroxylamine groups is 1. The van der Waals surface area contributed by atoms with Crippen LogP contribution in [-0.2, 0) is 16.0 Å². The van der Waals surface area contributed by atoms with Crippen LogP contribution in [0.5, 0.6) is 0 Å². The molecule has 156 valence electrons. The van der Waals surface area contributed by atoms with Gasteiger partial charge in [0.2, 0.25) is 11.8 Å². The van der Waals surface area contributed by atoms with E-state index in [0.717, 1.165) is 38.8 Å². The Labute approximate surface area is 172 Å². The van der Waals surface area contributed by atoms with Crippen LogP contribution in [0.3, 0.4) is 0 Å². The van der Waals surface area contributed by atoms with Gasteiger partial charge in [-0.05, 0) is 54.4 Å². The standard InChI is InChI=1S/C23H31N3O3/c24-20(15-19-8-4-7-18-6-1-2-9-21(18)19)16-23(28)26-13-11-17(12-14-26)5-3-10-22(27)25-29/h1-2,4,6-9,17,20,29H,3,5,10-16,24H2,(H,25,27)/t20-/m1/s1. The minimum Gasteiger partial charge on any atom is -0.343 e. The van der Waals surface area contributed by atoms with Crippen molar-refractivity contribution in [1.29, 1.82) is 0 Å². The summed E-state index contributed by atoms with van der Waals surface area (Å²) < 4.78 is 0. The highest BCUT2D eigenvalue weighted by atomic mass is 16.5. The molecule has 2 amide bonds. The Kier molecular flexibility index (Phi) is 7.61. The number of carbonyl (C=O) groups excluding carboxylic acids is 2. The van der Waals surface area contributed by atoms with E-state index in [1.165, 1.54) is 16.3 Å². The van der Waals surface area contributed by atoms with Crippen molar-refractivity contribution in [3.05, 3.63) is 48.0 Å². The monoisotopic (exact) mass is 397 g/mol. The van der Waals surface area contributed by atoms with E-state index in [1.807, 2.05) is 23.1 Å². The van der Waals surface area contributed by atoms with E-state index >= 15 is 0 Å². The molecule has 0 unspecified atom stereocenters. The van der Waals surface area contributed by atoms with Crippen molar-refractivity contribution in [3.8, 4) is 0 Å². The summed E-state index contributed by atoms with van der Waals surface area (Å²) in [4.78, 5) is 25.7. The van der Waals surface area contributed by atoms with E-state index in [2.05, 4.69) is 24.3 Å². The van der Waals surface area contributed by atoms with E-state index in [1.54, 1.807) is 5.48 Å². The van der Waals surface area contributed by atoms with Gasteiger partial charge >= 0.3 is 0 Å². The van der Waals surface area contributed by atoms with E-state index < -0.39 is 0 Å². The number of amides is 2. The molecular weight excluding hydrogens is 366 g/mol. The van der Waals surface area contributed by atoms with E-state index in [4.69, 9.17) is 10.9 Å². The van der Waals surface area contributed by atoms with Crippen LogP contribution in [0.25, 0.3) is 10.8 Å². The second kappa shape index (κ2) is 10.4. The van der Waals surface area contributed by atoms with Crippen LogP contribution in [0.15, 0.2) is 42.5 Å². The lowest BCUT2D eigenvalue weighted by Crippen LogP contribution is -2.41. The number of hydrogen-bond acceptors (Lipinski definition) is 4. The van der Waals surface area contributed by atoms with Crippen LogP contribution in [-0.4, -0.2) is 41.1 Å². The molecule has 0 aliphatic carbocycles. The van der Waals surface area contributed by atoms with Crippen LogP contribution < -0.4 is 11.2 Å². The third-order valence-electron chi connectivity index (χ3n) is 5.91. The largest absolute Gasteiger partial charge is 0.343 e. The molecule has 29 heavy (non-hydrogen) atoms. The molecule has 4 N–H and O–H groups in total. The molecule has 6 heteroatoms. The Bertz CT molecular complexity index is 826. The van der Waals surface area contributed by atoms with Gasteiger partial charge in [0.05, 0.1) is 0 Å². The number of rotatable bonds is 8. The van der Waals surface area contributed by atoms with E-state index in [9.17, 15) is 9.59 Å². The highest BCUT2D eigenvalue weighted by Crippen LogP contribution is 2.24. The summed E-state index contributed by atoms with van der Waals surface area (Å²) >= 11 is 0. The average molecular weight is 398 g/mol. The Morgan fingerprint density at radius 2 is 1.86 bits per heavy atom. The number of carbonyl (C=O) groups is 2. The van der Waals surface area contributed by atoms with Gasteiger partial charge < -0.3 is 10.6 Å². The predicted molar refractivity (Wildman–Crippen MR) is 113 cm³/mol. The van der Waals surface area contributed by atoms with Crippen molar-refractivity contribution in [3.63, 3.8) is 0 Å². The number of nitrogens with zero attached hydrogens (tertiary/aromatic N) is 1. The quantitative estimate of drug-likeness (QED) is 0.471. The number of fused-ring (bicyclic) bond motifs is 1. The molecule has 1 heterocycles. The third-order valence-corrected chi connectivity index (χ3v) is 5.91. The molecular formula is C23H31N3O3.